The summed E-state index contributed by atoms with van der Waals surface area (Å²) in [6, 6.07) is 6.24. The molecule has 0 saturated heterocycles. The van der Waals surface area contributed by atoms with E-state index in [9.17, 15) is 22.7 Å². The Morgan fingerprint density at radius 2 is 1.93 bits per heavy atom. The van der Waals surface area contributed by atoms with Gasteiger partial charge < -0.3 is 10.0 Å². The van der Waals surface area contributed by atoms with Gasteiger partial charge in [-0.05, 0) is 30.5 Å². The topological polar surface area (TPSA) is 66.5 Å². The fourth-order valence-electron chi connectivity index (χ4n) is 2.94. The fourth-order valence-corrected chi connectivity index (χ4v) is 2.94. The maximum atomic E-state index is 13.2. The van der Waals surface area contributed by atoms with Gasteiger partial charge in [0.1, 0.15) is 18.0 Å². The number of hydrogen-bond donors (Lipinski definition) is 1. The number of fused-ring (bicyclic) bond motifs is 1. The summed E-state index contributed by atoms with van der Waals surface area (Å²) in [5, 5.41) is 14.5. The van der Waals surface area contributed by atoms with Crippen LogP contribution < -0.4 is 4.90 Å². The van der Waals surface area contributed by atoms with Gasteiger partial charge >= 0.3 is 6.18 Å². The Bertz CT molecular complexity index is 952. The SMILES string of the molecule is O[C@H](CN(c1cc(C(F)(F)F)nc2ncnn12)C1CC1)c1ccc(F)cc1. The van der Waals surface area contributed by atoms with Crippen LogP contribution in [-0.4, -0.2) is 37.3 Å². The van der Waals surface area contributed by atoms with Crippen LogP contribution in [0.2, 0.25) is 0 Å². The quantitative estimate of drug-likeness (QED) is 0.689. The van der Waals surface area contributed by atoms with Crippen molar-refractivity contribution < 1.29 is 22.7 Å². The molecule has 10 heteroatoms. The van der Waals surface area contributed by atoms with E-state index in [0.29, 0.717) is 5.56 Å². The summed E-state index contributed by atoms with van der Waals surface area (Å²) in [6.45, 7) is 0.0343. The Balaban J connectivity index is 1.72. The van der Waals surface area contributed by atoms with Crippen LogP contribution in [0, 0.1) is 5.82 Å². The number of aliphatic hydroxyl groups is 1. The lowest BCUT2D eigenvalue weighted by molar-refractivity contribution is -0.141. The predicted molar refractivity (Wildman–Crippen MR) is 87.5 cm³/mol. The third-order valence-corrected chi connectivity index (χ3v) is 4.43. The highest BCUT2D eigenvalue weighted by Gasteiger charge is 2.37. The highest BCUT2D eigenvalue weighted by atomic mass is 19.4. The normalized spacial score (nSPS) is 15.9. The van der Waals surface area contributed by atoms with Gasteiger partial charge in [0.25, 0.3) is 5.78 Å². The molecule has 0 bridgehead atoms. The van der Waals surface area contributed by atoms with Gasteiger partial charge in [-0.15, -0.1) is 0 Å². The first-order chi connectivity index (χ1) is 12.8. The van der Waals surface area contributed by atoms with E-state index < -0.39 is 23.8 Å². The molecule has 3 aromatic rings. The summed E-state index contributed by atoms with van der Waals surface area (Å²) < 4.78 is 54.0. The van der Waals surface area contributed by atoms with E-state index >= 15 is 0 Å². The van der Waals surface area contributed by atoms with Gasteiger partial charge in [-0.25, -0.2) is 9.37 Å². The molecule has 1 fully saturated rings. The zero-order chi connectivity index (χ0) is 19.2. The number of anilines is 1. The third kappa shape index (κ3) is 3.57. The molecule has 6 nitrogen and oxygen atoms in total. The average Bonchev–Trinajstić information content (AvgIpc) is 3.35. The first-order valence-corrected chi connectivity index (χ1v) is 8.31. The van der Waals surface area contributed by atoms with Crippen LogP contribution in [0.25, 0.3) is 5.78 Å². The molecule has 1 saturated carbocycles. The van der Waals surface area contributed by atoms with E-state index in [0.717, 1.165) is 25.2 Å². The van der Waals surface area contributed by atoms with Crippen molar-refractivity contribution in [2.75, 3.05) is 11.4 Å². The Morgan fingerprint density at radius 1 is 1.22 bits per heavy atom. The van der Waals surface area contributed by atoms with Crippen LogP contribution in [0.3, 0.4) is 0 Å². The van der Waals surface area contributed by atoms with Crippen molar-refractivity contribution in [1.82, 2.24) is 19.6 Å². The van der Waals surface area contributed by atoms with Gasteiger partial charge in [-0.3, -0.25) is 0 Å². The van der Waals surface area contributed by atoms with Crippen LogP contribution in [0.15, 0.2) is 36.7 Å². The molecule has 142 valence electrons. The molecule has 4 rings (SSSR count). The first-order valence-electron chi connectivity index (χ1n) is 8.31. The molecule has 0 unspecified atom stereocenters. The lowest BCUT2D eigenvalue weighted by Gasteiger charge is -2.28. The summed E-state index contributed by atoms with van der Waals surface area (Å²) in [4.78, 5) is 8.96. The smallest absolute Gasteiger partial charge is 0.387 e. The number of aliphatic hydroxyl groups excluding tert-OH is 1. The van der Waals surface area contributed by atoms with Crippen molar-refractivity contribution in [2.24, 2.45) is 0 Å². The number of benzene rings is 1. The monoisotopic (exact) mass is 381 g/mol. The minimum atomic E-state index is -4.63. The van der Waals surface area contributed by atoms with Gasteiger partial charge in [0.15, 0.2) is 5.69 Å². The number of rotatable bonds is 5. The van der Waals surface area contributed by atoms with Crippen LogP contribution in [0.1, 0.15) is 30.2 Å². The van der Waals surface area contributed by atoms with Crippen molar-refractivity contribution in [3.63, 3.8) is 0 Å². The van der Waals surface area contributed by atoms with E-state index in [-0.39, 0.29) is 24.2 Å². The summed E-state index contributed by atoms with van der Waals surface area (Å²) in [5.74, 6) is -0.437. The number of aromatic nitrogens is 4. The van der Waals surface area contributed by atoms with E-state index in [1.54, 1.807) is 4.90 Å². The molecule has 1 N–H and O–H groups in total. The molecular formula is C17H15F4N5O. The van der Waals surface area contributed by atoms with Crippen molar-refractivity contribution >= 4 is 11.6 Å². The van der Waals surface area contributed by atoms with E-state index in [2.05, 4.69) is 15.1 Å². The van der Waals surface area contributed by atoms with Gasteiger partial charge in [0.05, 0.1) is 6.10 Å². The highest BCUT2D eigenvalue weighted by Crippen LogP contribution is 2.36. The molecule has 1 aromatic carbocycles. The minimum Gasteiger partial charge on any atom is -0.387 e. The van der Waals surface area contributed by atoms with Crippen LogP contribution in [0.4, 0.5) is 23.4 Å². The Morgan fingerprint density at radius 3 is 2.56 bits per heavy atom. The van der Waals surface area contributed by atoms with Gasteiger partial charge in [-0.2, -0.15) is 27.8 Å². The second kappa shape index (κ2) is 6.45. The van der Waals surface area contributed by atoms with Gasteiger partial charge in [0, 0.05) is 18.7 Å². The first kappa shape index (κ1) is 17.7. The fraction of sp³-hybridized carbons (Fsp3) is 0.353. The predicted octanol–water partition coefficient (Wildman–Crippen LogP) is 2.98. The van der Waals surface area contributed by atoms with E-state index in [1.165, 1.54) is 28.8 Å². The molecule has 1 aliphatic rings. The Labute approximate surface area is 151 Å². The second-order valence-electron chi connectivity index (χ2n) is 6.42. The Hall–Kier alpha value is -2.75. The molecular weight excluding hydrogens is 366 g/mol. The van der Waals surface area contributed by atoms with E-state index in [4.69, 9.17) is 0 Å². The second-order valence-corrected chi connectivity index (χ2v) is 6.42. The molecule has 2 aromatic heterocycles. The maximum Gasteiger partial charge on any atom is 0.433 e. The zero-order valence-electron chi connectivity index (χ0n) is 13.9. The zero-order valence-corrected chi connectivity index (χ0v) is 13.9. The number of hydrogen-bond acceptors (Lipinski definition) is 5. The number of nitrogens with zero attached hydrogens (tertiary/aromatic N) is 5. The Kier molecular flexibility index (Phi) is 4.22. The third-order valence-electron chi connectivity index (χ3n) is 4.43. The standard InChI is InChI=1S/C17H15F4N5O/c18-11-3-1-10(2-4-11)13(27)8-25(12-5-6-12)15-7-14(17(19,20)21)24-16-22-9-23-26(15)16/h1-4,7,9,12-13,27H,5-6,8H2/t13-/m1/s1. The molecule has 2 heterocycles. The maximum absolute atomic E-state index is 13.2. The molecule has 27 heavy (non-hydrogen) atoms. The summed E-state index contributed by atoms with van der Waals surface area (Å²) >= 11 is 0. The summed E-state index contributed by atoms with van der Waals surface area (Å²) in [7, 11) is 0. The van der Waals surface area contributed by atoms with Crippen molar-refractivity contribution in [3.8, 4) is 0 Å². The lowest BCUT2D eigenvalue weighted by Crippen LogP contribution is -2.33. The minimum absolute atomic E-state index is 0.0176. The molecule has 1 atom stereocenters. The molecule has 0 radical (unpaired) electrons. The molecule has 1 aliphatic carbocycles. The summed E-state index contributed by atoms with van der Waals surface area (Å²) in [6.07, 6.45) is -2.93. The van der Waals surface area contributed by atoms with Gasteiger partial charge in [-0.1, -0.05) is 12.1 Å². The summed E-state index contributed by atoms with van der Waals surface area (Å²) in [5.41, 5.74) is -0.595. The molecule has 0 amide bonds. The van der Waals surface area contributed by atoms with Crippen LogP contribution in [0.5, 0.6) is 0 Å². The molecule has 0 spiro atoms. The molecule has 0 aliphatic heterocycles. The van der Waals surface area contributed by atoms with Crippen molar-refractivity contribution in [3.05, 3.63) is 53.7 Å². The van der Waals surface area contributed by atoms with Gasteiger partial charge in [0.2, 0.25) is 0 Å². The van der Waals surface area contributed by atoms with Crippen LogP contribution >= 0.6 is 0 Å². The highest BCUT2D eigenvalue weighted by molar-refractivity contribution is 5.50. The number of alkyl halides is 3. The van der Waals surface area contributed by atoms with Crippen LogP contribution in [-0.2, 0) is 6.18 Å². The lowest BCUT2D eigenvalue weighted by atomic mass is 10.1. The van der Waals surface area contributed by atoms with Crippen molar-refractivity contribution in [1.29, 1.82) is 0 Å². The number of halogens is 4. The van der Waals surface area contributed by atoms with Crippen molar-refractivity contribution in [2.45, 2.75) is 31.2 Å². The average molecular weight is 381 g/mol. The van der Waals surface area contributed by atoms with E-state index in [1.807, 2.05) is 0 Å². The largest absolute Gasteiger partial charge is 0.433 e.